The standard InChI is InChI=1S/C26H31Cl2N5O.2ClH/c1-18-8-4-5-10-22(18)33-19(2)25(30-20(33)3)26(34)29-12-7-13-31-14-16-32(17-15-31)23-11-6-9-21(27)24(23)28;;/h4-6,8-11H,7,12-17H2,1-3H3,(H,29,34);2*1H. The van der Waals surface area contributed by atoms with Crippen molar-refractivity contribution in [2.24, 2.45) is 0 Å². The number of carbonyl (C=O) groups is 1. The Bertz CT molecular complexity index is 1180. The number of nitrogens with one attached hydrogen (secondary N) is 1. The number of imidazole rings is 1. The highest BCUT2D eigenvalue weighted by atomic mass is 35.5. The van der Waals surface area contributed by atoms with Gasteiger partial charge in [0.25, 0.3) is 5.91 Å². The van der Waals surface area contributed by atoms with Crippen molar-refractivity contribution in [2.45, 2.75) is 27.2 Å². The fraction of sp³-hybridized carbons (Fsp3) is 0.385. The van der Waals surface area contributed by atoms with Crippen molar-refractivity contribution < 1.29 is 4.79 Å². The number of benzene rings is 2. The van der Waals surface area contributed by atoms with Crippen LogP contribution >= 0.6 is 48.0 Å². The van der Waals surface area contributed by atoms with E-state index in [1.807, 2.05) is 44.2 Å². The third-order valence-corrected chi connectivity index (χ3v) is 7.24. The highest BCUT2D eigenvalue weighted by Gasteiger charge is 2.21. The molecule has 196 valence electrons. The van der Waals surface area contributed by atoms with E-state index in [0.29, 0.717) is 22.3 Å². The average molecular weight is 573 g/mol. The molecule has 0 bridgehead atoms. The van der Waals surface area contributed by atoms with E-state index >= 15 is 0 Å². The molecule has 1 saturated heterocycles. The number of carbonyl (C=O) groups excluding carboxylic acids is 1. The van der Waals surface area contributed by atoms with Crippen LogP contribution in [0.5, 0.6) is 0 Å². The first-order valence-electron chi connectivity index (χ1n) is 11.7. The minimum atomic E-state index is -0.117. The molecule has 0 unspecified atom stereocenters. The molecule has 1 aliphatic rings. The summed E-state index contributed by atoms with van der Waals surface area (Å²) in [6, 6.07) is 13.9. The highest BCUT2D eigenvalue weighted by molar-refractivity contribution is 6.43. The second-order valence-corrected chi connectivity index (χ2v) is 9.51. The lowest BCUT2D eigenvalue weighted by atomic mass is 10.2. The predicted molar refractivity (Wildman–Crippen MR) is 154 cm³/mol. The molecule has 6 nitrogen and oxygen atoms in total. The maximum absolute atomic E-state index is 12.8. The molecule has 0 saturated carbocycles. The maximum Gasteiger partial charge on any atom is 0.271 e. The largest absolute Gasteiger partial charge is 0.368 e. The lowest BCUT2D eigenvalue weighted by Gasteiger charge is -2.36. The highest BCUT2D eigenvalue weighted by Crippen LogP contribution is 2.32. The minimum absolute atomic E-state index is 0. The number of piperazine rings is 1. The quantitative estimate of drug-likeness (QED) is 0.359. The van der Waals surface area contributed by atoms with Crippen LogP contribution in [0.1, 0.15) is 34.0 Å². The number of hydrogen-bond acceptors (Lipinski definition) is 4. The molecule has 1 fully saturated rings. The molecule has 4 rings (SSSR count). The van der Waals surface area contributed by atoms with E-state index in [-0.39, 0.29) is 30.7 Å². The number of amides is 1. The van der Waals surface area contributed by atoms with Gasteiger partial charge in [-0.05, 0) is 57.5 Å². The van der Waals surface area contributed by atoms with E-state index in [4.69, 9.17) is 23.2 Å². The van der Waals surface area contributed by atoms with Gasteiger partial charge in [-0.2, -0.15) is 0 Å². The summed E-state index contributed by atoms with van der Waals surface area (Å²) in [4.78, 5) is 22.1. The van der Waals surface area contributed by atoms with E-state index in [2.05, 4.69) is 43.7 Å². The van der Waals surface area contributed by atoms with Crippen molar-refractivity contribution in [1.82, 2.24) is 19.8 Å². The molecule has 2 heterocycles. The monoisotopic (exact) mass is 571 g/mol. The second kappa shape index (κ2) is 13.5. The van der Waals surface area contributed by atoms with Gasteiger partial charge in [-0.1, -0.05) is 47.5 Å². The van der Waals surface area contributed by atoms with Gasteiger partial charge < -0.3 is 14.8 Å². The first kappa shape index (κ1) is 30.3. The zero-order valence-corrected chi connectivity index (χ0v) is 23.9. The molecule has 10 heteroatoms. The van der Waals surface area contributed by atoms with Crippen LogP contribution < -0.4 is 10.2 Å². The molecule has 2 aromatic carbocycles. The van der Waals surface area contributed by atoms with Crippen LogP contribution in [0.2, 0.25) is 10.0 Å². The number of para-hydroxylation sites is 1. The van der Waals surface area contributed by atoms with E-state index < -0.39 is 0 Å². The van der Waals surface area contributed by atoms with E-state index in [9.17, 15) is 4.79 Å². The summed E-state index contributed by atoms with van der Waals surface area (Å²) in [5, 5.41) is 4.26. The lowest BCUT2D eigenvalue weighted by molar-refractivity contribution is 0.0946. The van der Waals surface area contributed by atoms with Gasteiger partial charge in [0, 0.05) is 38.4 Å². The van der Waals surface area contributed by atoms with Gasteiger partial charge in [-0.3, -0.25) is 9.69 Å². The van der Waals surface area contributed by atoms with Crippen LogP contribution in [0.4, 0.5) is 5.69 Å². The van der Waals surface area contributed by atoms with Crippen LogP contribution in [0.15, 0.2) is 42.5 Å². The number of halogens is 4. The van der Waals surface area contributed by atoms with E-state index in [1.54, 1.807) is 0 Å². The Morgan fingerprint density at radius 1 is 0.944 bits per heavy atom. The summed E-state index contributed by atoms with van der Waals surface area (Å²) >= 11 is 12.5. The molecule has 3 aromatic rings. The van der Waals surface area contributed by atoms with Crippen molar-refractivity contribution in [3.8, 4) is 5.69 Å². The van der Waals surface area contributed by atoms with Gasteiger partial charge >= 0.3 is 0 Å². The average Bonchev–Trinajstić information content (AvgIpc) is 3.13. The zero-order chi connectivity index (χ0) is 24.2. The summed E-state index contributed by atoms with van der Waals surface area (Å²) in [5.41, 5.74) is 4.56. The summed E-state index contributed by atoms with van der Waals surface area (Å²) in [6.45, 7) is 11.2. The number of nitrogens with zero attached hydrogens (tertiary/aromatic N) is 4. The molecular weight excluding hydrogens is 540 g/mol. The molecule has 0 spiro atoms. The first-order chi connectivity index (χ1) is 16.4. The van der Waals surface area contributed by atoms with Crippen LogP contribution in [0.3, 0.4) is 0 Å². The molecule has 1 aromatic heterocycles. The topological polar surface area (TPSA) is 53.4 Å². The summed E-state index contributed by atoms with van der Waals surface area (Å²) < 4.78 is 2.05. The Hall–Kier alpha value is -1.96. The summed E-state index contributed by atoms with van der Waals surface area (Å²) in [6.07, 6.45) is 0.889. The van der Waals surface area contributed by atoms with Crippen molar-refractivity contribution in [3.63, 3.8) is 0 Å². The fourth-order valence-electron chi connectivity index (χ4n) is 4.56. The molecule has 1 N–H and O–H groups in total. The molecule has 1 amide bonds. The van der Waals surface area contributed by atoms with Crippen molar-refractivity contribution in [3.05, 3.63) is 75.3 Å². The summed E-state index contributed by atoms with van der Waals surface area (Å²) in [5.74, 6) is 0.697. The Kier molecular flexibility index (Phi) is 11.4. The molecule has 1 aliphatic heterocycles. The van der Waals surface area contributed by atoms with Gasteiger partial charge in [0.1, 0.15) is 11.5 Å². The van der Waals surface area contributed by atoms with Gasteiger partial charge in [0.15, 0.2) is 0 Å². The number of aromatic nitrogens is 2. The van der Waals surface area contributed by atoms with Crippen molar-refractivity contribution >= 4 is 59.6 Å². The zero-order valence-electron chi connectivity index (χ0n) is 20.8. The lowest BCUT2D eigenvalue weighted by Crippen LogP contribution is -2.47. The van der Waals surface area contributed by atoms with Crippen molar-refractivity contribution in [2.75, 3.05) is 44.2 Å². The number of anilines is 1. The van der Waals surface area contributed by atoms with Crippen LogP contribution in [0.25, 0.3) is 5.69 Å². The third kappa shape index (κ3) is 6.67. The van der Waals surface area contributed by atoms with Gasteiger partial charge in [0.2, 0.25) is 0 Å². The Labute approximate surface area is 235 Å². The normalized spacial score (nSPS) is 13.6. The first-order valence-corrected chi connectivity index (χ1v) is 12.4. The molecule has 36 heavy (non-hydrogen) atoms. The molecule has 0 radical (unpaired) electrons. The number of aryl methyl sites for hydroxylation is 2. The Morgan fingerprint density at radius 3 is 2.31 bits per heavy atom. The third-order valence-electron chi connectivity index (χ3n) is 6.43. The fourth-order valence-corrected chi connectivity index (χ4v) is 4.98. The number of rotatable bonds is 7. The predicted octanol–water partition coefficient (Wildman–Crippen LogP) is 5.89. The van der Waals surface area contributed by atoms with Crippen molar-refractivity contribution in [1.29, 1.82) is 0 Å². The summed E-state index contributed by atoms with van der Waals surface area (Å²) in [7, 11) is 0. The molecule has 0 aliphatic carbocycles. The molecular formula is C26H33Cl4N5O. The Morgan fingerprint density at radius 2 is 1.61 bits per heavy atom. The van der Waals surface area contributed by atoms with Crippen LogP contribution in [-0.4, -0.2) is 59.6 Å². The smallest absolute Gasteiger partial charge is 0.271 e. The van der Waals surface area contributed by atoms with Gasteiger partial charge in [-0.15, -0.1) is 24.8 Å². The number of hydrogen-bond donors (Lipinski definition) is 1. The van der Waals surface area contributed by atoms with Crippen LogP contribution in [0, 0.1) is 20.8 Å². The van der Waals surface area contributed by atoms with Crippen LogP contribution in [-0.2, 0) is 0 Å². The maximum atomic E-state index is 12.8. The minimum Gasteiger partial charge on any atom is -0.368 e. The molecule has 0 atom stereocenters. The second-order valence-electron chi connectivity index (χ2n) is 8.73. The SMILES string of the molecule is Cc1ccccc1-n1c(C)nc(C(=O)NCCCN2CCN(c3cccc(Cl)c3Cl)CC2)c1C.Cl.Cl. The Balaban J connectivity index is 0.00000228. The van der Waals surface area contributed by atoms with E-state index in [0.717, 1.165) is 67.6 Å². The van der Waals surface area contributed by atoms with Gasteiger partial charge in [-0.25, -0.2) is 4.98 Å². The van der Waals surface area contributed by atoms with E-state index in [1.165, 1.54) is 0 Å². The van der Waals surface area contributed by atoms with Gasteiger partial charge in [0.05, 0.1) is 21.4 Å².